The summed E-state index contributed by atoms with van der Waals surface area (Å²) in [5.41, 5.74) is 4.63. The molecule has 0 spiro atoms. The number of hydrogen-bond acceptors (Lipinski definition) is 5. The van der Waals surface area contributed by atoms with Crippen LogP contribution in [-0.2, 0) is 11.2 Å². The second-order valence-electron chi connectivity index (χ2n) is 7.71. The first kappa shape index (κ1) is 24.2. The van der Waals surface area contributed by atoms with Crippen molar-refractivity contribution in [3.63, 3.8) is 0 Å². The number of nitrogens with zero attached hydrogens (tertiary/aromatic N) is 2. The number of para-hydroxylation sites is 1. The highest BCUT2D eigenvalue weighted by atomic mass is 35.5. The molecule has 0 unspecified atom stereocenters. The maximum atomic E-state index is 11.2. The van der Waals surface area contributed by atoms with Crippen LogP contribution in [-0.4, -0.2) is 41.7 Å². The molecule has 0 bridgehead atoms. The van der Waals surface area contributed by atoms with Crippen LogP contribution in [0.25, 0.3) is 28.2 Å². The Morgan fingerprint density at radius 1 is 0.971 bits per heavy atom. The average molecular weight is 493 g/mol. The number of aryl methyl sites for hydroxylation is 1. The molecule has 0 saturated heterocycles. The second-order valence-corrected chi connectivity index (χ2v) is 8.15. The van der Waals surface area contributed by atoms with Gasteiger partial charge in [-0.3, -0.25) is 0 Å². The van der Waals surface area contributed by atoms with Gasteiger partial charge in [0.1, 0.15) is 5.75 Å². The maximum absolute atomic E-state index is 11.2. The van der Waals surface area contributed by atoms with Gasteiger partial charge in [-0.15, -0.1) is 0 Å². The molecule has 4 aromatic rings. The van der Waals surface area contributed by atoms with E-state index in [9.17, 15) is 4.79 Å². The van der Waals surface area contributed by atoms with Gasteiger partial charge >= 0.3 is 5.97 Å². The number of carbonyl (C=O) groups is 1. The van der Waals surface area contributed by atoms with E-state index in [0.29, 0.717) is 33.5 Å². The van der Waals surface area contributed by atoms with Crippen molar-refractivity contribution in [2.75, 3.05) is 20.8 Å². The van der Waals surface area contributed by atoms with Gasteiger partial charge in [0, 0.05) is 16.1 Å². The molecule has 1 N–H and O–H groups in total. The van der Waals surface area contributed by atoms with Crippen molar-refractivity contribution < 1.29 is 24.1 Å². The Bertz CT molecular complexity index is 1370. The Labute approximate surface area is 208 Å². The summed E-state index contributed by atoms with van der Waals surface area (Å²) in [6.45, 7) is 1.60. The lowest BCUT2D eigenvalue weighted by Crippen LogP contribution is -2.10. The Kier molecular flexibility index (Phi) is 7.27. The van der Waals surface area contributed by atoms with Crippen LogP contribution in [0.2, 0.25) is 5.02 Å². The molecule has 0 aliphatic heterocycles. The van der Waals surface area contributed by atoms with Crippen LogP contribution in [0.5, 0.6) is 17.2 Å². The number of benzene rings is 3. The molecule has 0 amide bonds. The smallest absolute Gasteiger partial charge is 0.341 e. The first-order valence-corrected chi connectivity index (χ1v) is 11.4. The van der Waals surface area contributed by atoms with E-state index >= 15 is 0 Å². The molecule has 1 heterocycles. The number of rotatable bonds is 9. The molecule has 7 nitrogen and oxygen atoms in total. The summed E-state index contributed by atoms with van der Waals surface area (Å²) in [6, 6.07) is 20.6. The van der Waals surface area contributed by atoms with Crippen molar-refractivity contribution in [3.05, 3.63) is 77.3 Å². The van der Waals surface area contributed by atoms with E-state index in [4.69, 9.17) is 36.0 Å². The lowest BCUT2D eigenvalue weighted by Gasteiger charge is -2.14. The molecule has 1 aromatic heterocycles. The third-order valence-electron chi connectivity index (χ3n) is 5.52. The summed E-state index contributed by atoms with van der Waals surface area (Å²) in [5, 5.41) is 14.6. The molecule has 8 heteroatoms. The van der Waals surface area contributed by atoms with Crippen LogP contribution in [0.15, 0.2) is 66.7 Å². The Morgan fingerprint density at radius 3 is 2.46 bits per heavy atom. The van der Waals surface area contributed by atoms with E-state index in [1.165, 1.54) is 0 Å². The van der Waals surface area contributed by atoms with E-state index in [0.717, 1.165) is 28.9 Å². The van der Waals surface area contributed by atoms with E-state index in [2.05, 4.69) is 0 Å². The third-order valence-corrected chi connectivity index (χ3v) is 5.76. The van der Waals surface area contributed by atoms with Crippen molar-refractivity contribution in [3.8, 4) is 45.5 Å². The van der Waals surface area contributed by atoms with Gasteiger partial charge in [0.05, 0.1) is 31.3 Å². The van der Waals surface area contributed by atoms with Crippen LogP contribution in [0.1, 0.15) is 12.5 Å². The summed E-state index contributed by atoms with van der Waals surface area (Å²) in [6.07, 6.45) is 0.803. The fourth-order valence-electron chi connectivity index (χ4n) is 3.86. The molecule has 0 aliphatic rings. The average Bonchev–Trinajstić information content (AvgIpc) is 3.32. The zero-order valence-electron chi connectivity index (χ0n) is 19.6. The zero-order chi connectivity index (χ0) is 24.9. The van der Waals surface area contributed by atoms with E-state index < -0.39 is 12.6 Å². The number of hydrogen-bond donors (Lipinski definition) is 1. The van der Waals surface area contributed by atoms with Gasteiger partial charge in [0.2, 0.25) is 0 Å². The Morgan fingerprint density at radius 2 is 1.77 bits per heavy atom. The Hall–Kier alpha value is -3.97. The zero-order valence-corrected chi connectivity index (χ0v) is 20.4. The SMILES string of the molecule is CCc1ccc(OCC(=O)O)c(-c2cc(-c3cccc(OC)c3OC)n(-c3cccc(Cl)c3)n2)c1. The number of halogens is 1. The number of carboxylic acid groups (broad SMARTS) is 1. The summed E-state index contributed by atoms with van der Waals surface area (Å²) in [5.74, 6) is 0.532. The summed E-state index contributed by atoms with van der Waals surface area (Å²) in [7, 11) is 3.18. The third kappa shape index (κ3) is 5.10. The van der Waals surface area contributed by atoms with E-state index in [1.807, 2.05) is 61.5 Å². The van der Waals surface area contributed by atoms with Gasteiger partial charge in [-0.1, -0.05) is 36.7 Å². The molecule has 0 radical (unpaired) electrons. The van der Waals surface area contributed by atoms with Crippen molar-refractivity contribution >= 4 is 17.6 Å². The molecule has 0 saturated carbocycles. The summed E-state index contributed by atoms with van der Waals surface area (Å²) >= 11 is 6.30. The number of carboxylic acids is 1. The highest BCUT2D eigenvalue weighted by Crippen LogP contribution is 2.41. The van der Waals surface area contributed by atoms with Crippen LogP contribution >= 0.6 is 11.6 Å². The predicted molar refractivity (Wildman–Crippen MR) is 135 cm³/mol. The minimum absolute atomic E-state index is 0.435. The minimum atomic E-state index is -1.05. The topological polar surface area (TPSA) is 82.8 Å². The van der Waals surface area contributed by atoms with Crippen molar-refractivity contribution in [1.29, 1.82) is 0 Å². The van der Waals surface area contributed by atoms with Crippen molar-refractivity contribution in [2.24, 2.45) is 0 Å². The number of aromatic nitrogens is 2. The minimum Gasteiger partial charge on any atom is -0.493 e. The van der Waals surface area contributed by atoms with Crippen LogP contribution < -0.4 is 14.2 Å². The van der Waals surface area contributed by atoms with E-state index in [-0.39, 0.29) is 0 Å². The van der Waals surface area contributed by atoms with Gasteiger partial charge in [0.15, 0.2) is 18.1 Å². The standard InChI is InChI=1S/C27H25ClN2O5/c1-4-17-11-12-24(35-16-26(31)32)21(13-17)22-15-23(20-9-6-10-25(33-2)27(20)34-3)30(29-22)19-8-5-7-18(28)14-19/h5-15H,4,16H2,1-3H3,(H,31,32). The molecule has 35 heavy (non-hydrogen) atoms. The lowest BCUT2D eigenvalue weighted by atomic mass is 10.0. The first-order valence-electron chi connectivity index (χ1n) is 11.0. The molecule has 180 valence electrons. The molecule has 3 aromatic carbocycles. The maximum Gasteiger partial charge on any atom is 0.341 e. The summed E-state index contributed by atoms with van der Waals surface area (Å²) < 4.78 is 18.6. The molecular formula is C27H25ClN2O5. The van der Waals surface area contributed by atoms with E-state index in [1.54, 1.807) is 31.0 Å². The number of ether oxygens (including phenoxy) is 3. The molecular weight excluding hydrogens is 468 g/mol. The van der Waals surface area contributed by atoms with Gasteiger partial charge < -0.3 is 19.3 Å². The van der Waals surface area contributed by atoms with Gasteiger partial charge in [-0.05, 0) is 60.5 Å². The number of methoxy groups -OCH3 is 2. The Balaban J connectivity index is 1.97. The first-order chi connectivity index (χ1) is 16.9. The predicted octanol–water partition coefficient (Wildman–Crippen LogP) is 5.90. The molecule has 0 aliphatic carbocycles. The fraction of sp³-hybridized carbons (Fsp3) is 0.185. The quantitative estimate of drug-likeness (QED) is 0.313. The van der Waals surface area contributed by atoms with Crippen LogP contribution in [0.3, 0.4) is 0 Å². The highest BCUT2D eigenvalue weighted by Gasteiger charge is 2.21. The lowest BCUT2D eigenvalue weighted by molar-refractivity contribution is -0.139. The largest absolute Gasteiger partial charge is 0.493 e. The van der Waals surface area contributed by atoms with Crippen LogP contribution in [0.4, 0.5) is 0 Å². The van der Waals surface area contributed by atoms with Crippen LogP contribution in [0, 0.1) is 0 Å². The van der Waals surface area contributed by atoms with Crippen molar-refractivity contribution in [2.45, 2.75) is 13.3 Å². The highest BCUT2D eigenvalue weighted by molar-refractivity contribution is 6.30. The normalized spacial score (nSPS) is 10.7. The van der Waals surface area contributed by atoms with Gasteiger partial charge in [-0.2, -0.15) is 5.10 Å². The fourth-order valence-corrected chi connectivity index (χ4v) is 4.05. The summed E-state index contributed by atoms with van der Waals surface area (Å²) in [4.78, 5) is 11.2. The molecule has 0 fully saturated rings. The second kappa shape index (κ2) is 10.5. The van der Waals surface area contributed by atoms with Gasteiger partial charge in [-0.25, -0.2) is 9.48 Å². The number of aliphatic carboxylic acids is 1. The molecule has 4 rings (SSSR count). The van der Waals surface area contributed by atoms with Crippen molar-refractivity contribution in [1.82, 2.24) is 9.78 Å². The van der Waals surface area contributed by atoms with Gasteiger partial charge in [0.25, 0.3) is 0 Å². The molecule has 0 atom stereocenters. The monoisotopic (exact) mass is 492 g/mol.